The minimum Gasteiger partial charge on any atom is -0.380 e. The summed E-state index contributed by atoms with van der Waals surface area (Å²) in [5, 5.41) is 12.3. The number of rotatable bonds is 3. The van der Waals surface area contributed by atoms with Crippen molar-refractivity contribution in [3.8, 4) is 6.07 Å². The SMILES string of the molecule is N#Cc1ccc(Cl)c(NCc2ccc(C(F)(F)F)cc2)c1. The molecule has 0 unspecified atom stereocenters. The first-order valence-electron chi connectivity index (χ1n) is 6.00. The Kier molecular flexibility index (Phi) is 4.39. The predicted octanol–water partition coefficient (Wildman–Crippen LogP) is 4.84. The van der Waals surface area contributed by atoms with E-state index < -0.39 is 11.7 Å². The van der Waals surface area contributed by atoms with Gasteiger partial charge in [-0.25, -0.2) is 0 Å². The van der Waals surface area contributed by atoms with Gasteiger partial charge in [0.25, 0.3) is 0 Å². The third-order valence-corrected chi connectivity index (χ3v) is 3.19. The monoisotopic (exact) mass is 310 g/mol. The van der Waals surface area contributed by atoms with Crippen LogP contribution in [0.3, 0.4) is 0 Å². The van der Waals surface area contributed by atoms with Crippen molar-refractivity contribution < 1.29 is 13.2 Å². The third kappa shape index (κ3) is 3.89. The van der Waals surface area contributed by atoms with E-state index in [0.29, 0.717) is 28.4 Å². The number of nitrogens with one attached hydrogen (secondary N) is 1. The van der Waals surface area contributed by atoms with Crippen LogP contribution in [0.25, 0.3) is 0 Å². The molecule has 0 bridgehead atoms. The summed E-state index contributed by atoms with van der Waals surface area (Å²) in [7, 11) is 0. The zero-order valence-corrected chi connectivity index (χ0v) is 11.5. The number of nitriles is 1. The van der Waals surface area contributed by atoms with Gasteiger partial charge in [0, 0.05) is 6.54 Å². The van der Waals surface area contributed by atoms with Crippen LogP contribution in [0, 0.1) is 11.3 Å². The van der Waals surface area contributed by atoms with Gasteiger partial charge in [0.2, 0.25) is 0 Å². The van der Waals surface area contributed by atoms with Crippen molar-refractivity contribution in [1.29, 1.82) is 5.26 Å². The van der Waals surface area contributed by atoms with Gasteiger partial charge in [-0.05, 0) is 35.9 Å². The van der Waals surface area contributed by atoms with E-state index >= 15 is 0 Å². The van der Waals surface area contributed by atoms with E-state index in [1.807, 2.05) is 6.07 Å². The van der Waals surface area contributed by atoms with Crippen LogP contribution in [0.1, 0.15) is 16.7 Å². The molecule has 0 aliphatic carbocycles. The van der Waals surface area contributed by atoms with Gasteiger partial charge >= 0.3 is 6.18 Å². The lowest BCUT2D eigenvalue weighted by molar-refractivity contribution is -0.137. The lowest BCUT2D eigenvalue weighted by Crippen LogP contribution is -2.05. The molecule has 108 valence electrons. The maximum Gasteiger partial charge on any atom is 0.416 e. The van der Waals surface area contributed by atoms with Gasteiger partial charge < -0.3 is 5.32 Å². The Morgan fingerprint density at radius 2 is 1.76 bits per heavy atom. The lowest BCUT2D eigenvalue weighted by atomic mass is 10.1. The van der Waals surface area contributed by atoms with Crippen LogP contribution in [0.2, 0.25) is 5.02 Å². The molecule has 2 rings (SSSR count). The Labute approximate surface area is 124 Å². The van der Waals surface area contributed by atoms with Gasteiger partial charge in [-0.3, -0.25) is 0 Å². The van der Waals surface area contributed by atoms with Crippen LogP contribution in [0.4, 0.5) is 18.9 Å². The van der Waals surface area contributed by atoms with E-state index in [2.05, 4.69) is 5.32 Å². The summed E-state index contributed by atoms with van der Waals surface area (Å²) in [5.41, 5.74) is 1.02. The van der Waals surface area contributed by atoms with Gasteiger partial charge in [-0.2, -0.15) is 18.4 Å². The van der Waals surface area contributed by atoms with Gasteiger partial charge in [0.15, 0.2) is 0 Å². The molecule has 2 aromatic carbocycles. The zero-order chi connectivity index (χ0) is 15.5. The maximum absolute atomic E-state index is 12.4. The number of hydrogen-bond acceptors (Lipinski definition) is 2. The predicted molar refractivity (Wildman–Crippen MR) is 74.9 cm³/mol. The van der Waals surface area contributed by atoms with Crippen molar-refractivity contribution in [3.63, 3.8) is 0 Å². The molecule has 1 N–H and O–H groups in total. The zero-order valence-electron chi connectivity index (χ0n) is 10.7. The van der Waals surface area contributed by atoms with Crippen molar-refractivity contribution in [3.05, 3.63) is 64.2 Å². The minimum atomic E-state index is -4.34. The van der Waals surface area contributed by atoms with Crippen LogP contribution in [0.5, 0.6) is 0 Å². The molecule has 0 aliphatic rings. The van der Waals surface area contributed by atoms with Crippen LogP contribution >= 0.6 is 11.6 Å². The highest BCUT2D eigenvalue weighted by Crippen LogP contribution is 2.29. The molecule has 0 radical (unpaired) electrons. The van der Waals surface area contributed by atoms with E-state index in [0.717, 1.165) is 12.1 Å². The molecule has 2 nitrogen and oxygen atoms in total. The van der Waals surface area contributed by atoms with Crippen molar-refractivity contribution >= 4 is 17.3 Å². The first-order valence-corrected chi connectivity index (χ1v) is 6.37. The molecule has 6 heteroatoms. The smallest absolute Gasteiger partial charge is 0.380 e. The van der Waals surface area contributed by atoms with Crippen molar-refractivity contribution in [1.82, 2.24) is 0 Å². The summed E-state index contributed by atoms with van der Waals surface area (Å²) in [6.45, 7) is 0.312. The van der Waals surface area contributed by atoms with E-state index in [9.17, 15) is 13.2 Å². The molecule has 0 aliphatic heterocycles. The summed E-state index contributed by atoms with van der Waals surface area (Å²) in [6.07, 6.45) is -4.34. The number of hydrogen-bond donors (Lipinski definition) is 1. The number of anilines is 1. The standard InChI is InChI=1S/C15H10ClF3N2/c16-13-6-3-11(8-20)7-14(13)21-9-10-1-4-12(5-2-10)15(17,18)19/h1-7,21H,9H2. The Bertz CT molecular complexity index is 673. The van der Waals surface area contributed by atoms with Gasteiger partial charge in [-0.1, -0.05) is 23.7 Å². The van der Waals surface area contributed by atoms with Crippen LogP contribution < -0.4 is 5.32 Å². The molecule has 0 saturated carbocycles. The fraction of sp³-hybridized carbons (Fsp3) is 0.133. The fourth-order valence-electron chi connectivity index (χ4n) is 1.74. The van der Waals surface area contributed by atoms with Crippen LogP contribution in [-0.2, 0) is 12.7 Å². The number of nitrogens with zero attached hydrogens (tertiary/aromatic N) is 1. The molecule has 0 atom stereocenters. The quantitative estimate of drug-likeness (QED) is 0.880. The van der Waals surface area contributed by atoms with E-state index in [-0.39, 0.29) is 0 Å². The number of halogens is 4. The number of benzene rings is 2. The molecule has 0 amide bonds. The van der Waals surface area contributed by atoms with E-state index in [4.69, 9.17) is 16.9 Å². The second-order valence-electron chi connectivity index (χ2n) is 4.35. The summed E-state index contributed by atoms with van der Waals surface area (Å²) < 4.78 is 37.3. The van der Waals surface area contributed by atoms with Crippen molar-refractivity contribution in [2.45, 2.75) is 12.7 Å². The highest BCUT2D eigenvalue weighted by molar-refractivity contribution is 6.33. The average molecular weight is 311 g/mol. The Balaban J connectivity index is 2.08. The van der Waals surface area contributed by atoms with Gasteiger partial charge in [0.1, 0.15) is 0 Å². The van der Waals surface area contributed by atoms with Crippen molar-refractivity contribution in [2.24, 2.45) is 0 Å². The van der Waals surface area contributed by atoms with E-state index in [1.54, 1.807) is 18.2 Å². The first-order chi connectivity index (χ1) is 9.90. The van der Waals surface area contributed by atoms with Gasteiger partial charge in [0.05, 0.1) is 27.9 Å². The second kappa shape index (κ2) is 6.06. The highest BCUT2D eigenvalue weighted by atomic mass is 35.5. The van der Waals surface area contributed by atoms with Crippen LogP contribution in [0.15, 0.2) is 42.5 Å². The maximum atomic E-state index is 12.4. The largest absolute Gasteiger partial charge is 0.416 e. The Morgan fingerprint density at radius 3 is 2.33 bits per heavy atom. The Hall–Kier alpha value is -2.19. The summed E-state index contributed by atoms with van der Waals surface area (Å²) >= 11 is 5.98. The average Bonchev–Trinajstić information content (AvgIpc) is 2.46. The third-order valence-electron chi connectivity index (χ3n) is 2.86. The summed E-state index contributed by atoms with van der Waals surface area (Å²) in [5.74, 6) is 0. The molecule has 0 heterocycles. The molecule has 0 spiro atoms. The first kappa shape index (κ1) is 15.2. The summed E-state index contributed by atoms with van der Waals surface area (Å²) in [4.78, 5) is 0. The normalized spacial score (nSPS) is 11.0. The fourth-order valence-corrected chi connectivity index (χ4v) is 1.92. The van der Waals surface area contributed by atoms with Crippen LogP contribution in [-0.4, -0.2) is 0 Å². The van der Waals surface area contributed by atoms with Crippen molar-refractivity contribution in [2.75, 3.05) is 5.32 Å². The second-order valence-corrected chi connectivity index (χ2v) is 4.76. The molecular weight excluding hydrogens is 301 g/mol. The summed E-state index contributed by atoms with van der Waals surface area (Å²) in [6, 6.07) is 11.6. The minimum absolute atomic E-state index is 0.312. The number of alkyl halides is 3. The molecule has 0 aromatic heterocycles. The highest BCUT2D eigenvalue weighted by Gasteiger charge is 2.29. The molecular formula is C15H10ClF3N2. The van der Waals surface area contributed by atoms with E-state index in [1.165, 1.54) is 12.1 Å². The molecule has 0 saturated heterocycles. The molecule has 21 heavy (non-hydrogen) atoms. The molecule has 2 aromatic rings. The lowest BCUT2D eigenvalue weighted by Gasteiger charge is -2.10. The van der Waals surface area contributed by atoms with Gasteiger partial charge in [-0.15, -0.1) is 0 Å². The molecule has 0 fully saturated rings. The topological polar surface area (TPSA) is 35.8 Å². The Morgan fingerprint density at radius 1 is 1.10 bits per heavy atom.